The lowest BCUT2D eigenvalue weighted by atomic mass is 10.2. The molecular formula is C16H17N3O5S. The van der Waals surface area contributed by atoms with E-state index < -0.39 is 24.6 Å². The van der Waals surface area contributed by atoms with Crippen LogP contribution in [-0.2, 0) is 20.9 Å². The number of aryl methyl sites for hydroxylation is 1. The van der Waals surface area contributed by atoms with Gasteiger partial charge in [-0.2, -0.15) is 4.37 Å². The van der Waals surface area contributed by atoms with Crippen LogP contribution in [0, 0.1) is 6.92 Å². The lowest BCUT2D eigenvalue weighted by Gasteiger charge is -2.07. The predicted molar refractivity (Wildman–Crippen MR) is 91.4 cm³/mol. The molecule has 0 aliphatic rings. The molecule has 132 valence electrons. The van der Waals surface area contributed by atoms with Crippen LogP contribution in [0.4, 0.5) is 9.80 Å². The number of anilines is 1. The van der Waals surface area contributed by atoms with Crippen LogP contribution in [0.1, 0.15) is 21.6 Å². The number of nitrogens with zero attached hydrogens (tertiary/aromatic N) is 1. The Hall–Kier alpha value is -2.94. The Labute approximate surface area is 148 Å². The highest BCUT2D eigenvalue weighted by Gasteiger charge is 2.20. The summed E-state index contributed by atoms with van der Waals surface area (Å²) in [7, 11) is 1.65. The highest BCUT2D eigenvalue weighted by molar-refractivity contribution is 7.10. The molecule has 0 aliphatic heterocycles. The normalized spacial score (nSPS) is 10.0. The Balaban J connectivity index is 1.77. The number of amides is 2. The third-order valence-corrected chi connectivity index (χ3v) is 4.04. The molecule has 2 amide bonds. The molecule has 2 aromatic rings. The third kappa shape index (κ3) is 5.28. The van der Waals surface area contributed by atoms with E-state index in [1.807, 2.05) is 23.5 Å². The summed E-state index contributed by atoms with van der Waals surface area (Å²) in [5, 5.41) is 5.36. The zero-order valence-electron chi connectivity index (χ0n) is 13.7. The minimum Gasteiger partial charge on any atom is -0.452 e. The minimum absolute atomic E-state index is 0.0328. The molecule has 1 aromatic heterocycles. The van der Waals surface area contributed by atoms with Crippen molar-refractivity contribution in [2.75, 3.05) is 19.0 Å². The number of carbonyl (C=O) groups excluding carboxylic acids is 3. The fourth-order valence-electron chi connectivity index (χ4n) is 1.89. The first kappa shape index (κ1) is 18.4. The van der Waals surface area contributed by atoms with Crippen LogP contribution in [0.5, 0.6) is 0 Å². The molecule has 2 rings (SSSR count). The van der Waals surface area contributed by atoms with Crippen molar-refractivity contribution in [2.24, 2.45) is 0 Å². The van der Waals surface area contributed by atoms with E-state index in [9.17, 15) is 14.4 Å². The van der Waals surface area contributed by atoms with E-state index in [2.05, 4.69) is 9.69 Å². The van der Waals surface area contributed by atoms with E-state index in [4.69, 9.17) is 9.47 Å². The van der Waals surface area contributed by atoms with Gasteiger partial charge < -0.3 is 14.8 Å². The second-order valence-electron chi connectivity index (χ2n) is 4.91. The number of ether oxygens (including phenoxy) is 2. The lowest BCUT2D eigenvalue weighted by Crippen LogP contribution is -2.34. The van der Waals surface area contributed by atoms with Crippen molar-refractivity contribution in [2.45, 2.75) is 13.5 Å². The van der Waals surface area contributed by atoms with E-state index in [1.54, 1.807) is 26.1 Å². The number of esters is 1. The molecule has 1 heterocycles. The number of hydrogen-bond acceptors (Lipinski definition) is 8. The fraction of sp³-hybridized carbons (Fsp3) is 0.250. The van der Waals surface area contributed by atoms with Crippen molar-refractivity contribution in [3.63, 3.8) is 0 Å². The van der Waals surface area contributed by atoms with Gasteiger partial charge in [0.25, 0.3) is 5.91 Å². The van der Waals surface area contributed by atoms with E-state index in [0.29, 0.717) is 10.7 Å². The van der Waals surface area contributed by atoms with Gasteiger partial charge >= 0.3 is 12.1 Å². The number of imide groups is 1. The Morgan fingerprint density at radius 2 is 1.88 bits per heavy atom. The molecular weight excluding hydrogens is 346 g/mol. The van der Waals surface area contributed by atoms with E-state index in [-0.39, 0.29) is 12.2 Å². The van der Waals surface area contributed by atoms with Crippen LogP contribution in [0.2, 0.25) is 0 Å². The van der Waals surface area contributed by atoms with Gasteiger partial charge in [-0.1, -0.05) is 30.3 Å². The van der Waals surface area contributed by atoms with Crippen molar-refractivity contribution in [1.82, 2.24) is 9.69 Å². The summed E-state index contributed by atoms with van der Waals surface area (Å²) in [5.41, 5.74) is 1.56. The molecule has 0 bridgehead atoms. The number of carbonyl (C=O) groups is 3. The lowest BCUT2D eigenvalue weighted by molar-refractivity contribution is -0.123. The number of rotatable bonds is 6. The quantitative estimate of drug-likeness (QED) is 0.757. The van der Waals surface area contributed by atoms with Crippen LogP contribution in [0.3, 0.4) is 0 Å². The highest BCUT2D eigenvalue weighted by Crippen LogP contribution is 2.24. The number of benzene rings is 1. The summed E-state index contributed by atoms with van der Waals surface area (Å²) in [6, 6.07) is 9.02. The first-order chi connectivity index (χ1) is 12.0. The molecule has 0 atom stereocenters. The molecule has 0 unspecified atom stereocenters. The van der Waals surface area contributed by atoms with Gasteiger partial charge in [-0.05, 0) is 24.0 Å². The number of hydrogen-bond donors (Lipinski definition) is 2. The summed E-state index contributed by atoms with van der Waals surface area (Å²) in [5.74, 6) is -1.47. The summed E-state index contributed by atoms with van der Waals surface area (Å²) in [6.45, 7) is 1.09. The van der Waals surface area contributed by atoms with Crippen molar-refractivity contribution in [1.29, 1.82) is 0 Å². The molecule has 8 nitrogen and oxygen atoms in total. The largest absolute Gasteiger partial charge is 0.452 e. The topological polar surface area (TPSA) is 107 Å². The number of nitrogens with one attached hydrogen (secondary N) is 2. The molecule has 0 saturated heterocycles. The standard InChI is InChI=1S/C16H17N3O5S/c1-10-13(14(17-2)25-19-10)15(21)23-9-12(20)18-16(22)24-8-11-6-4-3-5-7-11/h3-7,17H,8-9H2,1-2H3,(H,18,20,22). The van der Waals surface area contributed by atoms with Crippen LogP contribution in [0.25, 0.3) is 0 Å². The summed E-state index contributed by atoms with van der Waals surface area (Å²) in [4.78, 5) is 35.2. The minimum atomic E-state index is -0.908. The van der Waals surface area contributed by atoms with Gasteiger partial charge in [0.05, 0.1) is 5.69 Å². The zero-order valence-corrected chi connectivity index (χ0v) is 14.5. The van der Waals surface area contributed by atoms with Crippen molar-refractivity contribution < 1.29 is 23.9 Å². The fourth-order valence-corrected chi connectivity index (χ4v) is 2.63. The monoisotopic (exact) mass is 363 g/mol. The smallest absolute Gasteiger partial charge is 0.414 e. The van der Waals surface area contributed by atoms with Crippen molar-refractivity contribution in [3.8, 4) is 0 Å². The van der Waals surface area contributed by atoms with Gasteiger partial charge in [-0.25, -0.2) is 9.59 Å². The van der Waals surface area contributed by atoms with Gasteiger partial charge in [0.2, 0.25) is 0 Å². The molecule has 0 spiro atoms. The first-order valence-corrected chi connectivity index (χ1v) is 8.10. The predicted octanol–water partition coefficient (Wildman–Crippen LogP) is 2.10. The number of aromatic nitrogens is 1. The maximum atomic E-state index is 12.0. The first-order valence-electron chi connectivity index (χ1n) is 7.33. The second-order valence-corrected chi connectivity index (χ2v) is 5.68. The number of alkyl carbamates (subject to hydrolysis) is 1. The SMILES string of the molecule is CNc1snc(C)c1C(=O)OCC(=O)NC(=O)OCc1ccccc1. The second kappa shape index (κ2) is 8.78. The van der Waals surface area contributed by atoms with Gasteiger partial charge in [0, 0.05) is 7.05 Å². The van der Waals surface area contributed by atoms with Gasteiger partial charge in [-0.15, -0.1) is 0 Å². The van der Waals surface area contributed by atoms with E-state index >= 15 is 0 Å². The average Bonchev–Trinajstić information content (AvgIpc) is 2.99. The molecule has 25 heavy (non-hydrogen) atoms. The molecule has 0 radical (unpaired) electrons. The Morgan fingerprint density at radius 1 is 1.16 bits per heavy atom. The molecule has 0 saturated carbocycles. The molecule has 9 heteroatoms. The van der Waals surface area contributed by atoms with E-state index in [0.717, 1.165) is 17.1 Å². The van der Waals surface area contributed by atoms with Crippen LogP contribution < -0.4 is 10.6 Å². The van der Waals surface area contributed by atoms with Crippen molar-refractivity contribution in [3.05, 3.63) is 47.2 Å². The maximum absolute atomic E-state index is 12.0. The van der Waals surface area contributed by atoms with E-state index in [1.165, 1.54) is 0 Å². The van der Waals surface area contributed by atoms with Gasteiger partial charge in [0.1, 0.15) is 17.2 Å². The Kier molecular flexibility index (Phi) is 6.47. The molecule has 2 N–H and O–H groups in total. The molecule has 0 fully saturated rings. The van der Waals surface area contributed by atoms with Gasteiger partial charge in [-0.3, -0.25) is 10.1 Å². The Morgan fingerprint density at radius 3 is 2.56 bits per heavy atom. The molecule has 0 aliphatic carbocycles. The van der Waals surface area contributed by atoms with Crippen molar-refractivity contribution >= 4 is 34.5 Å². The molecule has 1 aromatic carbocycles. The van der Waals surface area contributed by atoms with Crippen LogP contribution >= 0.6 is 11.5 Å². The third-order valence-electron chi connectivity index (χ3n) is 3.08. The summed E-state index contributed by atoms with van der Waals surface area (Å²) in [6.07, 6.45) is -0.908. The van der Waals surface area contributed by atoms with Crippen LogP contribution in [0.15, 0.2) is 30.3 Å². The Bertz CT molecular complexity index is 760. The maximum Gasteiger partial charge on any atom is 0.414 e. The van der Waals surface area contributed by atoms with Gasteiger partial charge in [0.15, 0.2) is 6.61 Å². The summed E-state index contributed by atoms with van der Waals surface area (Å²) >= 11 is 1.12. The zero-order chi connectivity index (χ0) is 18.2. The summed E-state index contributed by atoms with van der Waals surface area (Å²) < 4.78 is 13.8. The average molecular weight is 363 g/mol. The van der Waals surface area contributed by atoms with Crippen LogP contribution in [-0.4, -0.2) is 36.0 Å². The highest BCUT2D eigenvalue weighted by atomic mass is 32.1.